The van der Waals surface area contributed by atoms with E-state index in [2.05, 4.69) is 0 Å². The minimum absolute atomic E-state index is 0.116. The highest BCUT2D eigenvalue weighted by Gasteiger charge is 2.37. The average Bonchev–Trinajstić information content (AvgIpc) is 2.77. The van der Waals surface area contributed by atoms with Crippen molar-refractivity contribution in [3.8, 4) is 5.75 Å². The van der Waals surface area contributed by atoms with Crippen molar-refractivity contribution >= 4 is 11.7 Å². The van der Waals surface area contributed by atoms with E-state index in [4.69, 9.17) is 9.47 Å². The van der Waals surface area contributed by atoms with Crippen LogP contribution in [0.3, 0.4) is 0 Å². The van der Waals surface area contributed by atoms with E-state index < -0.39 is 22.4 Å². The van der Waals surface area contributed by atoms with Gasteiger partial charge in [-0.05, 0) is 31.0 Å². The molecule has 0 bridgehead atoms. The fourth-order valence-electron chi connectivity index (χ4n) is 3.25. The molecule has 6 heteroatoms. The first-order valence-corrected chi connectivity index (χ1v) is 9.48. The highest BCUT2D eigenvalue weighted by atomic mass is 16.6. The number of esters is 1. The minimum atomic E-state index is -1.18. The SMILES string of the molecule is COc1ccc([N+](=O)[O-])cc1C(C)(C)C(=O)OC(c1ccccc1)c1ccccc1. The molecule has 3 aromatic carbocycles. The molecule has 3 rings (SSSR count). The van der Waals surface area contributed by atoms with Gasteiger partial charge in [0.25, 0.3) is 5.69 Å². The van der Waals surface area contributed by atoms with Crippen LogP contribution in [-0.2, 0) is 14.9 Å². The summed E-state index contributed by atoms with van der Waals surface area (Å²) in [5.74, 6) is -0.127. The summed E-state index contributed by atoms with van der Waals surface area (Å²) in [6.45, 7) is 3.34. The lowest BCUT2D eigenvalue weighted by atomic mass is 9.83. The first-order valence-electron chi connectivity index (χ1n) is 9.48. The molecule has 30 heavy (non-hydrogen) atoms. The second-order valence-corrected chi connectivity index (χ2v) is 7.37. The molecule has 0 aliphatic carbocycles. The number of methoxy groups -OCH3 is 1. The summed E-state index contributed by atoms with van der Waals surface area (Å²) in [7, 11) is 1.46. The van der Waals surface area contributed by atoms with Crippen molar-refractivity contribution in [2.45, 2.75) is 25.4 Å². The molecule has 0 aliphatic rings. The van der Waals surface area contributed by atoms with Gasteiger partial charge in [0, 0.05) is 17.7 Å². The number of benzene rings is 3. The topological polar surface area (TPSA) is 78.7 Å². The maximum absolute atomic E-state index is 13.3. The standard InChI is InChI=1S/C24H23NO5/c1-24(2,20-16-19(25(27)28)14-15-21(20)29-3)23(26)30-22(17-10-6-4-7-11-17)18-12-8-5-9-13-18/h4-16,22H,1-3H3. The van der Waals surface area contributed by atoms with Gasteiger partial charge in [0.05, 0.1) is 17.4 Å². The number of hydrogen-bond donors (Lipinski definition) is 0. The molecular weight excluding hydrogens is 382 g/mol. The zero-order chi connectivity index (χ0) is 21.7. The van der Waals surface area contributed by atoms with Gasteiger partial charge in [0.15, 0.2) is 6.10 Å². The van der Waals surface area contributed by atoms with Crippen molar-refractivity contribution in [1.82, 2.24) is 0 Å². The van der Waals surface area contributed by atoms with Crippen LogP contribution in [0, 0.1) is 10.1 Å². The van der Waals surface area contributed by atoms with Crippen LogP contribution in [0.4, 0.5) is 5.69 Å². The third-order valence-corrected chi connectivity index (χ3v) is 5.01. The Bertz CT molecular complexity index is 992. The van der Waals surface area contributed by atoms with E-state index in [1.165, 1.54) is 25.3 Å². The summed E-state index contributed by atoms with van der Waals surface area (Å²) in [6.07, 6.45) is -0.608. The molecule has 6 nitrogen and oxygen atoms in total. The van der Waals surface area contributed by atoms with Crippen molar-refractivity contribution in [3.05, 3.63) is 106 Å². The molecule has 0 aromatic heterocycles. The van der Waals surface area contributed by atoms with E-state index in [9.17, 15) is 14.9 Å². The molecule has 0 unspecified atom stereocenters. The van der Waals surface area contributed by atoms with Crippen LogP contribution in [0.25, 0.3) is 0 Å². The summed E-state index contributed by atoms with van der Waals surface area (Å²) in [5, 5.41) is 11.2. The van der Waals surface area contributed by atoms with Crippen molar-refractivity contribution < 1.29 is 19.2 Å². The Morgan fingerprint density at radius 2 is 1.47 bits per heavy atom. The highest BCUT2D eigenvalue weighted by molar-refractivity contribution is 5.84. The normalized spacial score (nSPS) is 11.2. The lowest BCUT2D eigenvalue weighted by Gasteiger charge is -2.28. The lowest BCUT2D eigenvalue weighted by Crippen LogP contribution is -2.33. The van der Waals surface area contributed by atoms with Crippen molar-refractivity contribution in [3.63, 3.8) is 0 Å². The van der Waals surface area contributed by atoms with E-state index in [0.29, 0.717) is 11.3 Å². The van der Waals surface area contributed by atoms with Gasteiger partial charge in [-0.15, -0.1) is 0 Å². The Morgan fingerprint density at radius 3 is 1.93 bits per heavy atom. The number of nitrogens with zero attached hydrogens (tertiary/aromatic N) is 1. The van der Waals surface area contributed by atoms with E-state index in [1.54, 1.807) is 13.8 Å². The quantitative estimate of drug-likeness (QED) is 0.306. The first kappa shape index (κ1) is 21.0. The predicted octanol–water partition coefficient (Wildman–Crippen LogP) is 5.21. The number of nitro groups is 1. The highest BCUT2D eigenvalue weighted by Crippen LogP contribution is 2.37. The molecule has 0 saturated carbocycles. The monoisotopic (exact) mass is 405 g/mol. The molecule has 0 spiro atoms. The molecule has 154 valence electrons. The number of non-ortho nitro benzene ring substituents is 1. The summed E-state index contributed by atoms with van der Waals surface area (Å²) in [5.41, 5.74) is 0.759. The van der Waals surface area contributed by atoms with Crippen LogP contribution in [0.15, 0.2) is 78.9 Å². The zero-order valence-corrected chi connectivity index (χ0v) is 17.1. The molecule has 0 aliphatic heterocycles. The molecular formula is C24H23NO5. The smallest absolute Gasteiger partial charge is 0.317 e. The van der Waals surface area contributed by atoms with Gasteiger partial charge >= 0.3 is 5.97 Å². The fourth-order valence-corrected chi connectivity index (χ4v) is 3.25. The van der Waals surface area contributed by atoms with Crippen LogP contribution in [0.1, 0.15) is 36.6 Å². The summed E-state index contributed by atoms with van der Waals surface area (Å²) >= 11 is 0. The third kappa shape index (κ3) is 4.33. The van der Waals surface area contributed by atoms with E-state index >= 15 is 0 Å². The Morgan fingerprint density at radius 1 is 0.933 bits per heavy atom. The molecule has 0 saturated heterocycles. The van der Waals surface area contributed by atoms with Gasteiger partial charge in [-0.1, -0.05) is 60.7 Å². The number of hydrogen-bond acceptors (Lipinski definition) is 5. The van der Waals surface area contributed by atoms with Gasteiger partial charge in [-0.25, -0.2) is 0 Å². The zero-order valence-electron chi connectivity index (χ0n) is 17.1. The largest absolute Gasteiger partial charge is 0.496 e. The van der Waals surface area contributed by atoms with Crippen LogP contribution >= 0.6 is 0 Å². The van der Waals surface area contributed by atoms with Crippen molar-refractivity contribution in [1.29, 1.82) is 0 Å². The van der Waals surface area contributed by atoms with Gasteiger partial charge in [0.1, 0.15) is 5.75 Å². The van der Waals surface area contributed by atoms with Gasteiger partial charge < -0.3 is 9.47 Å². The minimum Gasteiger partial charge on any atom is -0.496 e. The molecule has 0 N–H and O–H groups in total. The fraction of sp³-hybridized carbons (Fsp3) is 0.208. The molecule has 0 fully saturated rings. The van der Waals surface area contributed by atoms with Crippen LogP contribution in [0.5, 0.6) is 5.75 Å². The van der Waals surface area contributed by atoms with Crippen LogP contribution < -0.4 is 4.74 Å². The Balaban J connectivity index is 1.99. The second-order valence-electron chi connectivity index (χ2n) is 7.37. The average molecular weight is 405 g/mol. The molecule has 0 amide bonds. The summed E-state index contributed by atoms with van der Waals surface area (Å²) < 4.78 is 11.3. The molecule has 0 heterocycles. The number of carbonyl (C=O) groups excluding carboxylic acids is 1. The number of nitro benzene ring substituents is 1. The van der Waals surface area contributed by atoms with Gasteiger partial charge in [0.2, 0.25) is 0 Å². The maximum Gasteiger partial charge on any atom is 0.317 e. The number of ether oxygens (including phenoxy) is 2. The van der Waals surface area contributed by atoms with Crippen LogP contribution in [-0.4, -0.2) is 18.0 Å². The Hall–Kier alpha value is -3.67. The second kappa shape index (κ2) is 8.78. The third-order valence-electron chi connectivity index (χ3n) is 5.01. The lowest BCUT2D eigenvalue weighted by molar-refractivity contribution is -0.385. The number of rotatable bonds is 7. The number of carbonyl (C=O) groups is 1. The van der Waals surface area contributed by atoms with Crippen molar-refractivity contribution in [2.24, 2.45) is 0 Å². The Labute approximate surface area is 175 Å². The van der Waals surface area contributed by atoms with Gasteiger partial charge in [-0.2, -0.15) is 0 Å². The molecule has 0 radical (unpaired) electrons. The predicted molar refractivity (Wildman–Crippen MR) is 113 cm³/mol. The molecule has 3 aromatic rings. The first-order chi connectivity index (χ1) is 14.3. The summed E-state index contributed by atoms with van der Waals surface area (Å²) in [4.78, 5) is 24.1. The van der Waals surface area contributed by atoms with Crippen LogP contribution in [0.2, 0.25) is 0 Å². The maximum atomic E-state index is 13.3. The van der Waals surface area contributed by atoms with Crippen molar-refractivity contribution in [2.75, 3.05) is 7.11 Å². The van der Waals surface area contributed by atoms with E-state index in [1.807, 2.05) is 60.7 Å². The Kier molecular flexibility index (Phi) is 6.16. The summed E-state index contributed by atoms with van der Waals surface area (Å²) in [6, 6.07) is 23.1. The van der Waals surface area contributed by atoms with E-state index in [0.717, 1.165) is 11.1 Å². The molecule has 0 atom stereocenters. The van der Waals surface area contributed by atoms with E-state index in [-0.39, 0.29) is 5.69 Å². The van der Waals surface area contributed by atoms with Gasteiger partial charge in [-0.3, -0.25) is 14.9 Å².